The molecule has 0 amide bonds. The van der Waals surface area contributed by atoms with Gasteiger partial charge in [0.05, 0.1) is 6.20 Å². The van der Waals surface area contributed by atoms with Gasteiger partial charge in [0.25, 0.3) is 0 Å². The first-order chi connectivity index (χ1) is 10.6. The number of aryl methyl sites for hydroxylation is 1. The van der Waals surface area contributed by atoms with E-state index in [9.17, 15) is 4.39 Å². The summed E-state index contributed by atoms with van der Waals surface area (Å²) < 4.78 is 20.5. The first kappa shape index (κ1) is 15.0. The Balaban J connectivity index is 1.56. The Bertz CT molecular complexity index is 623. The predicted octanol–water partition coefficient (Wildman–Crippen LogP) is 2.99. The van der Waals surface area contributed by atoms with Gasteiger partial charge in [-0.15, -0.1) is 0 Å². The molecule has 0 aliphatic heterocycles. The van der Waals surface area contributed by atoms with Gasteiger partial charge in [0.1, 0.15) is 18.2 Å². The van der Waals surface area contributed by atoms with Gasteiger partial charge in [0.15, 0.2) is 0 Å². The van der Waals surface area contributed by atoms with Crippen molar-refractivity contribution in [2.45, 2.75) is 38.3 Å². The first-order valence-corrected chi connectivity index (χ1v) is 7.78. The van der Waals surface area contributed by atoms with E-state index in [1.54, 1.807) is 12.1 Å². The Labute approximate surface area is 130 Å². The molecule has 0 spiro atoms. The van der Waals surface area contributed by atoms with Crippen LogP contribution in [-0.4, -0.2) is 22.4 Å². The van der Waals surface area contributed by atoms with E-state index in [4.69, 9.17) is 4.74 Å². The number of aromatic nitrogens is 2. The zero-order valence-electron chi connectivity index (χ0n) is 13.1. The molecule has 1 aromatic heterocycles. The lowest BCUT2D eigenvalue weighted by atomic mass is 9.92. The highest BCUT2D eigenvalue weighted by atomic mass is 19.1. The minimum atomic E-state index is -0.246. The number of rotatable bonds is 5. The first-order valence-electron chi connectivity index (χ1n) is 7.78. The van der Waals surface area contributed by atoms with Gasteiger partial charge >= 0.3 is 0 Å². The van der Waals surface area contributed by atoms with E-state index in [-0.39, 0.29) is 11.9 Å². The molecule has 0 saturated heterocycles. The highest BCUT2D eigenvalue weighted by molar-refractivity contribution is 5.25. The molecule has 1 N–H and O–H groups in total. The van der Waals surface area contributed by atoms with Crippen molar-refractivity contribution in [2.75, 3.05) is 6.61 Å². The molecule has 0 saturated carbocycles. The largest absolute Gasteiger partial charge is 0.492 e. The molecular weight excluding hydrogens is 281 g/mol. The molecule has 5 heteroatoms. The van der Waals surface area contributed by atoms with E-state index in [1.807, 2.05) is 17.9 Å². The van der Waals surface area contributed by atoms with E-state index in [1.165, 1.54) is 29.8 Å². The fraction of sp³-hybridized carbons (Fsp3) is 0.471. The third kappa shape index (κ3) is 3.30. The van der Waals surface area contributed by atoms with Crippen LogP contribution in [0.3, 0.4) is 0 Å². The van der Waals surface area contributed by atoms with Crippen molar-refractivity contribution < 1.29 is 9.13 Å². The molecule has 22 heavy (non-hydrogen) atoms. The number of hydrogen-bond donors (Lipinski definition) is 1. The number of hydrogen-bond acceptors (Lipinski definition) is 3. The second-order valence-electron chi connectivity index (χ2n) is 5.95. The van der Waals surface area contributed by atoms with Gasteiger partial charge in [0, 0.05) is 30.4 Å². The molecule has 2 aromatic rings. The van der Waals surface area contributed by atoms with Crippen LogP contribution in [-0.2, 0) is 13.5 Å². The number of benzene rings is 1. The summed E-state index contributed by atoms with van der Waals surface area (Å²) in [6.45, 7) is 2.66. The second kappa shape index (κ2) is 6.48. The average molecular weight is 303 g/mol. The van der Waals surface area contributed by atoms with Crippen LogP contribution in [0.15, 0.2) is 30.5 Å². The molecule has 0 bridgehead atoms. The van der Waals surface area contributed by atoms with E-state index in [0.29, 0.717) is 18.4 Å². The van der Waals surface area contributed by atoms with E-state index >= 15 is 0 Å². The van der Waals surface area contributed by atoms with Crippen molar-refractivity contribution in [1.29, 1.82) is 0 Å². The van der Waals surface area contributed by atoms with Crippen LogP contribution in [0, 0.1) is 5.82 Å². The zero-order chi connectivity index (χ0) is 15.5. The zero-order valence-corrected chi connectivity index (χ0v) is 13.1. The van der Waals surface area contributed by atoms with Crippen LogP contribution in [0.1, 0.15) is 37.1 Å². The van der Waals surface area contributed by atoms with Crippen molar-refractivity contribution in [2.24, 2.45) is 7.05 Å². The van der Waals surface area contributed by atoms with Gasteiger partial charge in [-0.3, -0.25) is 4.68 Å². The van der Waals surface area contributed by atoms with Crippen molar-refractivity contribution in [3.8, 4) is 5.75 Å². The summed E-state index contributed by atoms with van der Waals surface area (Å²) in [7, 11) is 2.00. The highest BCUT2D eigenvalue weighted by Gasteiger charge is 2.24. The van der Waals surface area contributed by atoms with Crippen molar-refractivity contribution in [3.63, 3.8) is 0 Å². The molecule has 0 fully saturated rings. The summed E-state index contributed by atoms with van der Waals surface area (Å²) in [4.78, 5) is 0. The summed E-state index contributed by atoms with van der Waals surface area (Å²) >= 11 is 0. The average Bonchev–Trinajstić information content (AvgIpc) is 2.90. The standard InChI is InChI=1S/C17H22FN3O/c1-12(11-22-14-8-6-13(18)7-9-14)20-16-4-3-5-17-15(16)10-19-21(17)2/h6-10,12,16,20H,3-5,11H2,1-2H3. The molecule has 1 heterocycles. The molecule has 1 aromatic carbocycles. The number of nitrogens with zero attached hydrogens (tertiary/aromatic N) is 2. The lowest BCUT2D eigenvalue weighted by Gasteiger charge is -2.27. The number of halogens is 1. The topological polar surface area (TPSA) is 39.1 Å². The molecule has 3 rings (SSSR count). The lowest BCUT2D eigenvalue weighted by molar-refractivity contribution is 0.255. The van der Waals surface area contributed by atoms with Crippen LogP contribution in [0.2, 0.25) is 0 Å². The Kier molecular flexibility index (Phi) is 4.43. The van der Waals surface area contributed by atoms with Gasteiger partial charge in [0.2, 0.25) is 0 Å². The molecule has 2 atom stereocenters. The van der Waals surface area contributed by atoms with Gasteiger partial charge in [-0.2, -0.15) is 5.10 Å². The van der Waals surface area contributed by atoms with E-state index < -0.39 is 0 Å². The van der Waals surface area contributed by atoms with Gasteiger partial charge in [-0.05, 0) is 50.5 Å². The third-order valence-electron chi connectivity index (χ3n) is 4.18. The molecule has 118 valence electrons. The summed E-state index contributed by atoms with van der Waals surface area (Å²) in [6, 6.07) is 6.68. The molecule has 1 aliphatic carbocycles. The number of fused-ring (bicyclic) bond motifs is 1. The quantitative estimate of drug-likeness (QED) is 0.923. The maximum Gasteiger partial charge on any atom is 0.123 e. The van der Waals surface area contributed by atoms with Crippen LogP contribution in [0.25, 0.3) is 0 Å². The number of nitrogens with one attached hydrogen (secondary N) is 1. The second-order valence-corrected chi connectivity index (χ2v) is 5.95. The molecule has 1 aliphatic rings. The Morgan fingerprint density at radius 3 is 2.95 bits per heavy atom. The van der Waals surface area contributed by atoms with Gasteiger partial charge in [-0.1, -0.05) is 0 Å². The van der Waals surface area contributed by atoms with Crippen LogP contribution in [0.4, 0.5) is 4.39 Å². The fourth-order valence-corrected chi connectivity index (χ4v) is 3.02. The Morgan fingerprint density at radius 2 is 2.18 bits per heavy atom. The van der Waals surface area contributed by atoms with E-state index in [0.717, 1.165) is 12.8 Å². The smallest absolute Gasteiger partial charge is 0.123 e. The number of ether oxygens (including phenoxy) is 1. The monoisotopic (exact) mass is 303 g/mol. The predicted molar refractivity (Wildman–Crippen MR) is 83.4 cm³/mol. The summed E-state index contributed by atoms with van der Waals surface area (Å²) in [6.07, 6.45) is 5.37. The van der Waals surface area contributed by atoms with E-state index in [2.05, 4.69) is 17.3 Å². The van der Waals surface area contributed by atoms with Crippen molar-refractivity contribution in [3.05, 3.63) is 47.5 Å². The van der Waals surface area contributed by atoms with Gasteiger partial charge in [-0.25, -0.2) is 4.39 Å². The molecular formula is C17H22FN3O. The summed E-state index contributed by atoms with van der Waals surface area (Å²) in [5, 5.41) is 7.99. The summed E-state index contributed by atoms with van der Waals surface area (Å²) in [5.74, 6) is 0.450. The normalized spacial score (nSPS) is 18.8. The lowest BCUT2D eigenvalue weighted by Crippen LogP contribution is -2.36. The minimum absolute atomic E-state index is 0.209. The van der Waals surface area contributed by atoms with Gasteiger partial charge < -0.3 is 10.1 Å². The van der Waals surface area contributed by atoms with Crippen LogP contribution in [0.5, 0.6) is 5.75 Å². The van der Waals surface area contributed by atoms with Crippen molar-refractivity contribution >= 4 is 0 Å². The third-order valence-corrected chi connectivity index (χ3v) is 4.18. The van der Waals surface area contributed by atoms with Crippen LogP contribution >= 0.6 is 0 Å². The molecule has 2 unspecified atom stereocenters. The fourth-order valence-electron chi connectivity index (χ4n) is 3.02. The summed E-state index contributed by atoms with van der Waals surface area (Å²) in [5.41, 5.74) is 2.64. The molecule has 4 nitrogen and oxygen atoms in total. The maximum absolute atomic E-state index is 12.9. The minimum Gasteiger partial charge on any atom is -0.492 e. The highest BCUT2D eigenvalue weighted by Crippen LogP contribution is 2.29. The molecule has 0 radical (unpaired) electrons. The van der Waals surface area contributed by atoms with Crippen LogP contribution < -0.4 is 10.1 Å². The SMILES string of the molecule is CC(COc1ccc(F)cc1)NC1CCCc2c1cnn2C. The maximum atomic E-state index is 12.9. The van der Waals surface area contributed by atoms with Crippen molar-refractivity contribution in [1.82, 2.24) is 15.1 Å². The Morgan fingerprint density at radius 1 is 1.41 bits per heavy atom. The Hall–Kier alpha value is -1.88.